The van der Waals surface area contributed by atoms with E-state index in [-0.39, 0.29) is 11.4 Å². The van der Waals surface area contributed by atoms with Crippen LogP contribution in [0.15, 0.2) is 57.7 Å². The minimum Gasteiger partial charge on any atom is -0.401 e. The first-order valence-corrected chi connectivity index (χ1v) is 10.1. The first kappa shape index (κ1) is 20.0. The van der Waals surface area contributed by atoms with Gasteiger partial charge in [0.05, 0.1) is 22.7 Å². The minimum absolute atomic E-state index is 0.185. The normalized spacial score (nSPS) is 11.4. The van der Waals surface area contributed by atoms with Crippen LogP contribution in [0.3, 0.4) is 0 Å². The van der Waals surface area contributed by atoms with Gasteiger partial charge in [-0.2, -0.15) is 0 Å². The highest BCUT2D eigenvalue weighted by Gasteiger charge is 2.14. The van der Waals surface area contributed by atoms with Gasteiger partial charge in [-0.05, 0) is 84.5 Å². The van der Waals surface area contributed by atoms with E-state index in [1.165, 1.54) is 12.1 Å². The molecule has 0 unspecified atom stereocenters. The number of rotatable bonds is 4. The van der Waals surface area contributed by atoms with Crippen LogP contribution in [0.25, 0.3) is 28.7 Å². The van der Waals surface area contributed by atoms with Crippen molar-refractivity contribution >= 4 is 51.5 Å². The molecule has 0 spiro atoms. The van der Waals surface area contributed by atoms with Crippen LogP contribution in [-0.4, -0.2) is 14.5 Å². The summed E-state index contributed by atoms with van der Waals surface area (Å²) in [5, 5.41) is 11.4. The van der Waals surface area contributed by atoms with Gasteiger partial charge in [-0.1, -0.05) is 17.7 Å². The lowest BCUT2D eigenvalue weighted by molar-refractivity contribution is -0.402. The summed E-state index contributed by atoms with van der Waals surface area (Å²) in [6.07, 6.45) is 3.19. The number of benzene rings is 2. The molecule has 4 aromatic rings. The molecular weight excluding hydrogens is 497 g/mol. The molecule has 0 bridgehead atoms. The van der Waals surface area contributed by atoms with E-state index in [0.717, 1.165) is 20.4 Å². The van der Waals surface area contributed by atoms with Gasteiger partial charge in [-0.25, -0.2) is 4.98 Å². The molecule has 30 heavy (non-hydrogen) atoms. The first-order chi connectivity index (χ1) is 14.3. The minimum atomic E-state index is -0.598. The number of aryl methyl sites for hydroxylation is 2. The molecule has 0 aliphatic heterocycles. The molecule has 0 saturated heterocycles. The largest absolute Gasteiger partial charge is 0.433 e. The zero-order chi connectivity index (χ0) is 21.4. The van der Waals surface area contributed by atoms with Crippen molar-refractivity contribution in [3.05, 3.63) is 95.3 Å². The van der Waals surface area contributed by atoms with Gasteiger partial charge in [0.25, 0.3) is 5.56 Å². The Morgan fingerprint density at radius 3 is 2.60 bits per heavy atom. The number of halogens is 1. The fourth-order valence-corrected chi connectivity index (χ4v) is 3.75. The monoisotopic (exact) mass is 513 g/mol. The molecule has 4 rings (SSSR count). The fourth-order valence-electron chi connectivity index (χ4n) is 3.26. The Hall–Kier alpha value is -3.27. The van der Waals surface area contributed by atoms with Gasteiger partial charge in [0.15, 0.2) is 0 Å². The number of nitro groups is 1. The van der Waals surface area contributed by atoms with Gasteiger partial charge in [-0.15, -0.1) is 0 Å². The molecule has 0 aliphatic rings. The fraction of sp³-hybridized carbons (Fsp3) is 0.0909. The maximum Gasteiger partial charge on any atom is 0.433 e. The Balaban J connectivity index is 1.94. The van der Waals surface area contributed by atoms with Crippen LogP contribution >= 0.6 is 22.6 Å². The average Bonchev–Trinajstić information content (AvgIpc) is 3.17. The van der Waals surface area contributed by atoms with Crippen LogP contribution in [0.4, 0.5) is 5.88 Å². The number of hydrogen-bond acceptors (Lipinski definition) is 5. The third-order valence-corrected chi connectivity index (χ3v) is 5.31. The van der Waals surface area contributed by atoms with Gasteiger partial charge < -0.3 is 4.42 Å². The van der Waals surface area contributed by atoms with Gasteiger partial charge >= 0.3 is 5.88 Å². The van der Waals surface area contributed by atoms with E-state index in [4.69, 9.17) is 4.42 Å². The second-order valence-electron chi connectivity index (χ2n) is 6.83. The average molecular weight is 513 g/mol. The van der Waals surface area contributed by atoms with E-state index >= 15 is 0 Å². The molecule has 0 saturated carbocycles. The summed E-state index contributed by atoms with van der Waals surface area (Å²) in [7, 11) is 0. The second kappa shape index (κ2) is 7.86. The summed E-state index contributed by atoms with van der Waals surface area (Å²) in [6.45, 7) is 3.93. The van der Waals surface area contributed by atoms with Crippen LogP contribution in [-0.2, 0) is 0 Å². The second-order valence-corrected chi connectivity index (χ2v) is 8.07. The number of hydrogen-bond donors (Lipinski definition) is 0. The van der Waals surface area contributed by atoms with Crippen molar-refractivity contribution in [2.75, 3.05) is 0 Å². The van der Waals surface area contributed by atoms with E-state index < -0.39 is 4.92 Å². The predicted molar refractivity (Wildman–Crippen MR) is 124 cm³/mol. The Morgan fingerprint density at radius 1 is 1.10 bits per heavy atom. The van der Waals surface area contributed by atoms with E-state index in [9.17, 15) is 14.9 Å². The molecule has 2 heterocycles. The molecule has 0 N–H and O–H groups in total. The van der Waals surface area contributed by atoms with Crippen molar-refractivity contribution < 1.29 is 9.34 Å². The molecular formula is C22H16IN3O4. The lowest BCUT2D eigenvalue weighted by atomic mass is 10.1. The maximum absolute atomic E-state index is 13.4. The van der Waals surface area contributed by atoms with Gasteiger partial charge in [-0.3, -0.25) is 19.5 Å². The molecule has 150 valence electrons. The van der Waals surface area contributed by atoms with Gasteiger partial charge in [0, 0.05) is 3.57 Å². The highest BCUT2D eigenvalue weighted by atomic mass is 127. The topological polar surface area (TPSA) is 91.2 Å². The van der Waals surface area contributed by atoms with Crippen LogP contribution < -0.4 is 5.56 Å². The van der Waals surface area contributed by atoms with Crippen molar-refractivity contribution in [3.8, 4) is 5.69 Å². The Bertz CT molecular complexity index is 1390. The number of nitrogens with zero attached hydrogens (tertiary/aromatic N) is 3. The first-order valence-electron chi connectivity index (χ1n) is 9.06. The van der Waals surface area contributed by atoms with Gasteiger partial charge in [0.1, 0.15) is 16.5 Å². The van der Waals surface area contributed by atoms with Crippen LogP contribution in [0.2, 0.25) is 0 Å². The Morgan fingerprint density at radius 2 is 1.90 bits per heavy atom. The molecule has 0 atom stereocenters. The number of aromatic nitrogens is 2. The zero-order valence-electron chi connectivity index (χ0n) is 16.1. The number of furan rings is 1. The molecule has 2 aromatic heterocycles. The van der Waals surface area contributed by atoms with Crippen LogP contribution in [0.1, 0.15) is 22.7 Å². The van der Waals surface area contributed by atoms with Gasteiger partial charge in [0.2, 0.25) is 0 Å². The lowest BCUT2D eigenvalue weighted by Crippen LogP contribution is -2.23. The molecule has 0 radical (unpaired) electrons. The molecule has 0 amide bonds. The Labute approximate surface area is 185 Å². The molecule has 8 heteroatoms. The molecule has 0 fully saturated rings. The Kier molecular flexibility index (Phi) is 5.25. The molecule has 0 aliphatic carbocycles. The maximum atomic E-state index is 13.4. The van der Waals surface area contributed by atoms with E-state index in [1.54, 1.807) is 22.8 Å². The lowest BCUT2D eigenvalue weighted by Gasteiger charge is -2.14. The number of fused-ring (bicyclic) bond motifs is 1. The summed E-state index contributed by atoms with van der Waals surface area (Å²) in [6, 6.07) is 14.1. The highest BCUT2D eigenvalue weighted by molar-refractivity contribution is 14.1. The van der Waals surface area contributed by atoms with E-state index in [0.29, 0.717) is 22.5 Å². The summed E-state index contributed by atoms with van der Waals surface area (Å²) < 4.78 is 7.68. The highest BCUT2D eigenvalue weighted by Crippen LogP contribution is 2.22. The summed E-state index contributed by atoms with van der Waals surface area (Å²) >= 11 is 2.17. The quantitative estimate of drug-likeness (QED) is 0.211. The van der Waals surface area contributed by atoms with E-state index in [1.807, 2.05) is 44.2 Å². The van der Waals surface area contributed by atoms with E-state index in [2.05, 4.69) is 27.6 Å². The van der Waals surface area contributed by atoms with Crippen molar-refractivity contribution in [2.45, 2.75) is 13.8 Å². The summed E-state index contributed by atoms with van der Waals surface area (Å²) in [5.74, 6) is 0.355. The van der Waals surface area contributed by atoms with Crippen molar-refractivity contribution in [1.29, 1.82) is 0 Å². The van der Waals surface area contributed by atoms with Crippen LogP contribution in [0.5, 0.6) is 0 Å². The third-order valence-electron chi connectivity index (χ3n) is 4.64. The standard InChI is InChI=1S/C22H16IN3O4/c1-13-3-8-19(14(2)11-13)25-20(9-5-16-6-10-21(30-16)26(28)29)24-18-7-4-15(23)12-17(18)22(25)27/h3-12H,1-2H3. The smallest absolute Gasteiger partial charge is 0.401 e. The van der Waals surface area contributed by atoms with Crippen LogP contribution in [0, 0.1) is 27.5 Å². The third kappa shape index (κ3) is 3.78. The molecule has 2 aromatic carbocycles. The summed E-state index contributed by atoms with van der Waals surface area (Å²) in [4.78, 5) is 28.3. The predicted octanol–water partition coefficient (Wildman–Crippen LogP) is 5.28. The summed E-state index contributed by atoms with van der Waals surface area (Å²) in [5.41, 5.74) is 3.14. The molecule has 7 nitrogen and oxygen atoms in total. The van der Waals surface area contributed by atoms with Crippen molar-refractivity contribution in [1.82, 2.24) is 9.55 Å². The van der Waals surface area contributed by atoms with Crippen molar-refractivity contribution in [3.63, 3.8) is 0 Å². The SMILES string of the molecule is Cc1ccc(-n2c(C=Cc3ccc([N+](=O)[O-])o3)nc3ccc(I)cc3c2=O)c(C)c1. The zero-order valence-corrected chi connectivity index (χ0v) is 18.3. The van der Waals surface area contributed by atoms with Crippen molar-refractivity contribution in [2.24, 2.45) is 0 Å².